The molecule has 0 unspecified atom stereocenters. The summed E-state index contributed by atoms with van der Waals surface area (Å²) in [6.45, 7) is 1.55. The molecule has 0 aromatic carbocycles. The van der Waals surface area contributed by atoms with Crippen LogP contribution in [0.1, 0.15) is 22.5 Å². The van der Waals surface area contributed by atoms with Crippen molar-refractivity contribution in [3.8, 4) is 0 Å². The third-order valence-corrected chi connectivity index (χ3v) is 3.11. The van der Waals surface area contributed by atoms with Crippen LogP contribution in [0.25, 0.3) is 0 Å². The van der Waals surface area contributed by atoms with Crippen LogP contribution in [0, 0.1) is 0 Å². The van der Waals surface area contributed by atoms with E-state index in [2.05, 4.69) is 10.6 Å². The van der Waals surface area contributed by atoms with E-state index in [9.17, 15) is 9.59 Å². The summed E-state index contributed by atoms with van der Waals surface area (Å²) in [5.74, 6) is -0.0952. The molecule has 0 aliphatic carbocycles. The maximum Gasteiger partial charge on any atom is 0.261 e. The highest BCUT2D eigenvalue weighted by atomic mass is 32.1. The molecule has 0 atom stereocenters. The summed E-state index contributed by atoms with van der Waals surface area (Å²) >= 11 is 1.40. The second-order valence-corrected chi connectivity index (χ2v) is 4.63. The van der Waals surface area contributed by atoms with Crippen molar-refractivity contribution in [3.05, 3.63) is 22.4 Å². The molecule has 0 saturated carbocycles. The number of methoxy groups -OCH3 is 1. The summed E-state index contributed by atoms with van der Waals surface area (Å²) < 4.78 is 4.82. The largest absolute Gasteiger partial charge is 0.383 e. The minimum atomic E-state index is -0.0789. The van der Waals surface area contributed by atoms with Crippen LogP contribution in [0.15, 0.2) is 17.5 Å². The fourth-order valence-electron chi connectivity index (χ4n) is 1.33. The van der Waals surface area contributed by atoms with Gasteiger partial charge < -0.3 is 15.4 Å². The van der Waals surface area contributed by atoms with E-state index in [0.29, 0.717) is 37.4 Å². The number of rotatable bonds is 8. The molecule has 0 spiro atoms. The number of thiophene rings is 1. The molecule has 2 amide bonds. The summed E-state index contributed by atoms with van der Waals surface area (Å²) in [7, 11) is 1.59. The van der Waals surface area contributed by atoms with Crippen LogP contribution in [0.2, 0.25) is 0 Å². The smallest absolute Gasteiger partial charge is 0.261 e. The maximum absolute atomic E-state index is 11.5. The number of carbonyl (C=O) groups is 2. The molecule has 6 heteroatoms. The van der Waals surface area contributed by atoms with Crippen LogP contribution in [0.4, 0.5) is 0 Å². The van der Waals surface area contributed by atoms with E-state index >= 15 is 0 Å². The van der Waals surface area contributed by atoms with Crippen LogP contribution in [-0.4, -0.2) is 38.6 Å². The van der Waals surface area contributed by atoms with E-state index in [4.69, 9.17) is 4.74 Å². The zero-order valence-corrected chi connectivity index (χ0v) is 11.2. The molecule has 0 aliphatic rings. The number of hydrogen-bond acceptors (Lipinski definition) is 4. The Morgan fingerprint density at radius 1 is 1.33 bits per heavy atom. The quantitative estimate of drug-likeness (QED) is 0.693. The summed E-state index contributed by atoms with van der Waals surface area (Å²) in [4.78, 5) is 23.6. The van der Waals surface area contributed by atoms with E-state index in [1.165, 1.54) is 11.3 Å². The van der Waals surface area contributed by atoms with E-state index in [0.717, 1.165) is 0 Å². The lowest BCUT2D eigenvalue weighted by Gasteiger charge is -2.05. The van der Waals surface area contributed by atoms with Crippen molar-refractivity contribution >= 4 is 23.2 Å². The third-order valence-electron chi connectivity index (χ3n) is 2.24. The number of hydrogen-bond donors (Lipinski definition) is 2. The van der Waals surface area contributed by atoms with Crippen molar-refractivity contribution in [1.29, 1.82) is 0 Å². The van der Waals surface area contributed by atoms with Crippen LogP contribution in [0.5, 0.6) is 0 Å². The number of nitrogens with one attached hydrogen (secondary N) is 2. The lowest BCUT2D eigenvalue weighted by Crippen LogP contribution is -2.29. The Bertz CT molecular complexity index is 365. The Morgan fingerprint density at radius 3 is 2.83 bits per heavy atom. The van der Waals surface area contributed by atoms with Crippen molar-refractivity contribution in [2.45, 2.75) is 12.8 Å². The van der Waals surface area contributed by atoms with Gasteiger partial charge in [-0.15, -0.1) is 11.3 Å². The van der Waals surface area contributed by atoms with Crippen molar-refractivity contribution in [2.24, 2.45) is 0 Å². The lowest BCUT2D eigenvalue weighted by atomic mass is 10.3. The summed E-state index contributed by atoms with van der Waals surface area (Å²) in [6, 6.07) is 3.61. The first-order valence-electron chi connectivity index (χ1n) is 5.81. The van der Waals surface area contributed by atoms with Crippen molar-refractivity contribution in [1.82, 2.24) is 10.6 Å². The van der Waals surface area contributed by atoms with Gasteiger partial charge in [-0.05, 0) is 17.9 Å². The first-order valence-corrected chi connectivity index (χ1v) is 6.69. The molecular formula is C12H18N2O3S. The highest BCUT2D eigenvalue weighted by Crippen LogP contribution is 2.07. The van der Waals surface area contributed by atoms with Gasteiger partial charge in [0.15, 0.2) is 0 Å². The zero-order valence-electron chi connectivity index (χ0n) is 10.4. The Hall–Kier alpha value is -1.40. The molecule has 0 radical (unpaired) electrons. The van der Waals surface area contributed by atoms with Gasteiger partial charge in [0, 0.05) is 26.6 Å². The lowest BCUT2D eigenvalue weighted by molar-refractivity contribution is -0.121. The van der Waals surface area contributed by atoms with E-state index in [1.807, 2.05) is 11.4 Å². The van der Waals surface area contributed by atoms with Crippen LogP contribution < -0.4 is 10.6 Å². The second kappa shape index (κ2) is 8.66. The molecule has 0 bridgehead atoms. The third kappa shape index (κ3) is 5.79. The zero-order chi connectivity index (χ0) is 13.2. The normalized spacial score (nSPS) is 10.1. The van der Waals surface area contributed by atoms with Gasteiger partial charge in [0.05, 0.1) is 11.5 Å². The van der Waals surface area contributed by atoms with Gasteiger partial charge in [-0.2, -0.15) is 0 Å². The predicted molar refractivity (Wildman–Crippen MR) is 70.8 cm³/mol. The molecule has 0 aliphatic heterocycles. The summed E-state index contributed by atoms with van der Waals surface area (Å²) in [5, 5.41) is 7.36. The monoisotopic (exact) mass is 270 g/mol. The highest BCUT2D eigenvalue weighted by molar-refractivity contribution is 7.12. The maximum atomic E-state index is 11.5. The van der Waals surface area contributed by atoms with E-state index < -0.39 is 0 Å². The standard InChI is InChI=1S/C12H18N2O3S/c1-17-8-7-13-11(15)5-2-6-14-12(16)10-4-3-9-18-10/h3-4,9H,2,5-8H2,1H3,(H,13,15)(H,14,16). The fourth-order valence-corrected chi connectivity index (χ4v) is 1.97. The highest BCUT2D eigenvalue weighted by Gasteiger charge is 2.05. The second-order valence-electron chi connectivity index (χ2n) is 3.68. The van der Waals surface area contributed by atoms with Gasteiger partial charge in [0.2, 0.25) is 5.91 Å². The first kappa shape index (κ1) is 14.7. The van der Waals surface area contributed by atoms with Crippen molar-refractivity contribution < 1.29 is 14.3 Å². The van der Waals surface area contributed by atoms with Gasteiger partial charge in [-0.1, -0.05) is 6.07 Å². The fraction of sp³-hybridized carbons (Fsp3) is 0.500. The molecule has 1 aromatic rings. The van der Waals surface area contributed by atoms with Crippen LogP contribution >= 0.6 is 11.3 Å². The topological polar surface area (TPSA) is 67.4 Å². The van der Waals surface area contributed by atoms with Gasteiger partial charge in [0.1, 0.15) is 0 Å². The number of amides is 2. The van der Waals surface area contributed by atoms with Gasteiger partial charge in [0.25, 0.3) is 5.91 Å². The van der Waals surface area contributed by atoms with Crippen LogP contribution in [-0.2, 0) is 9.53 Å². The molecule has 2 N–H and O–H groups in total. The van der Waals surface area contributed by atoms with Gasteiger partial charge in [-0.25, -0.2) is 0 Å². The van der Waals surface area contributed by atoms with Gasteiger partial charge >= 0.3 is 0 Å². The SMILES string of the molecule is COCCNC(=O)CCCNC(=O)c1cccs1. The molecule has 5 nitrogen and oxygen atoms in total. The average Bonchev–Trinajstić information content (AvgIpc) is 2.88. The number of carbonyl (C=O) groups excluding carboxylic acids is 2. The summed E-state index contributed by atoms with van der Waals surface area (Å²) in [5.41, 5.74) is 0. The Balaban J connectivity index is 2.04. The first-order chi connectivity index (χ1) is 8.74. The van der Waals surface area contributed by atoms with E-state index in [-0.39, 0.29) is 11.8 Å². The molecule has 100 valence electrons. The predicted octanol–water partition coefficient (Wildman–Crippen LogP) is 1.02. The number of ether oxygens (including phenoxy) is 1. The molecule has 0 saturated heterocycles. The molecule has 18 heavy (non-hydrogen) atoms. The molecule has 0 fully saturated rings. The minimum absolute atomic E-state index is 0.0163. The van der Waals surface area contributed by atoms with E-state index in [1.54, 1.807) is 13.2 Å². The Kier molecular flexibility index (Phi) is 7.05. The molecule has 1 aromatic heterocycles. The summed E-state index contributed by atoms with van der Waals surface area (Å²) in [6.07, 6.45) is 1.05. The van der Waals surface area contributed by atoms with Crippen LogP contribution in [0.3, 0.4) is 0 Å². The molecule has 1 heterocycles. The van der Waals surface area contributed by atoms with Crippen molar-refractivity contribution in [3.63, 3.8) is 0 Å². The Morgan fingerprint density at radius 2 is 2.17 bits per heavy atom. The Labute approximate surface area is 111 Å². The average molecular weight is 270 g/mol. The molecule has 1 rings (SSSR count). The molecular weight excluding hydrogens is 252 g/mol. The minimum Gasteiger partial charge on any atom is -0.383 e. The van der Waals surface area contributed by atoms with Gasteiger partial charge in [-0.3, -0.25) is 9.59 Å². The van der Waals surface area contributed by atoms with Crippen molar-refractivity contribution in [2.75, 3.05) is 26.8 Å².